The van der Waals surface area contributed by atoms with Gasteiger partial charge in [-0.2, -0.15) is 12.6 Å². The van der Waals surface area contributed by atoms with E-state index in [0.717, 1.165) is 25.8 Å². The molecule has 0 amide bonds. The summed E-state index contributed by atoms with van der Waals surface area (Å²) in [4.78, 5) is 4.33. The summed E-state index contributed by atoms with van der Waals surface area (Å²) < 4.78 is 0. The van der Waals surface area contributed by atoms with Crippen LogP contribution in [-0.2, 0) is 10.8 Å². The van der Waals surface area contributed by atoms with Crippen molar-refractivity contribution in [3.05, 3.63) is 132 Å². The Morgan fingerprint density at radius 2 is 1.30 bits per heavy atom. The van der Waals surface area contributed by atoms with Gasteiger partial charge in [0.25, 0.3) is 0 Å². The fraction of sp³-hybridized carbons (Fsp3) is 0.341. The highest BCUT2D eigenvalue weighted by Crippen LogP contribution is 2.51. The third-order valence-corrected chi connectivity index (χ3v) is 9.63. The van der Waals surface area contributed by atoms with Gasteiger partial charge in [0.05, 0.1) is 0 Å². The summed E-state index contributed by atoms with van der Waals surface area (Å²) in [6, 6.07) is 31.7. The van der Waals surface area contributed by atoms with Gasteiger partial charge in [-0.05, 0) is 110 Å². The zero-order chi connectivity index (χ0) is 34.5. The van der Waals surface area contributed by atoms with Gasteiger partial charge in [-0.15, -0.1) is 0 Å². The van der Waals surface area contributed by atoms with Crippen LogP contribution in [0.3, 0.4) is 0 Å². The van der Waals surface area contributed by atoms with Crippen molar-refractivity contribution >= 4 is 39.7 Å². The third-order valence-electron chi connectivity index (χ3n) is 9.63. The van der Waals surface area contributed by atoms with Crippen LogP contribution in [0.1, 0.15) is 91.3 Å². The van der Waals surface area contributed by atoms with Gasteiger partial charge >= 0.3 is 0 Å². The lowest BCUT2D eigenvalue weighted by molar-refractivity contribution is 0.221. The Labute approximate surface area is 290 Å². The van der Waals surface area contributed by atoms with Crippen molar-refractivity contribution in [1.29, 1.82) is 0 Å². The van der Waals surface area contributed by atoms with E-state index >= 15 is 0 Å². The lowest BCUT2D eigenvalue weighted by atomic mass is 9.55. The average Bonchev–Trinajstić information content (AvgIpc) is 3.16. The van der Waals surface area contributed by atoms with Crippen LogP contribution in [-0.4, -0.2) is 17.8 Å². The normalized spacial score (nSPS) is 13.4. The molecular formula is C44H56N2S. The molecule has 0 radical (unpaired) electrons. The van der Waals surface area contributed by atoms with Gasteiger partial charge in [0.1, 0.15) is 0 Å². The first-order chi connectivity index (χ1) is 23.0. The highest BCUT2D eigenvalue weighted by atomic mass is 32.1. The maximum absolute atomic E-state index is 4.33. The molecule has 2 heterocycles. The smallest absolute Gasteiger partial charge is 0.0334 e. The number of nitrogens with zero attached hydrogens (tertiary/aromatic N) is 1. The maximum Gasteiger partial charge on any atom is 0.0334 e. The van der Waals surface area contributed by atoms with E-state index in [2.05, 4.69) is 154 Å². The molecule has 3 heteroatoms. The monoisotopic (exact) mass is 644 g/mol. The molecule has 0 bridgehead atoms. The Bertz CT molecular complexity index is 1750. The number of pyridine rings is 1. The van der Waals surface area contributed by atoms with E-state index in [9.17, 15) is 0 Å². The van der Waals surface area contributed by atoms with Gasteiger partial charge in [0.2, 0.25) is 0 Å². The van der Waals surface area contributed by atoms with E-state index in [1.165, 1.54) is 54.9 Å². The van der Waals surface area contributed by atoms with Crippen molar-refractivity contribution in [2.45, 2.75) is 85.5 Å². The molecule has 1 unspecified atom stereocenters. The zero-order valence-corrected chi connectivity index (χ0v) is 31.1. The SMILES string of the molecule is CC.CC.CCCC(CC)(c1ccc2c(-c3ccncc3)c3ccccc3c(C3=CCNC=C3)c2c1)C(C)(C)c1ccccc1.CS. The first-order valence-corrected chi connectivity index (χ1v) is 18.4. The minimum absolute atomic E-state index is 0.0185. The van der Waals surface area contributed by atoms with E-state index in [1.807, 2.05) is 40.1 Å². The summed E-state index contributed by atoms with van der Waals surface area (Å²) in [5, 5.41) is 8.54. The number of allylic oxidation sites excluding steroid dienone is 2. The number of fused-ring (bicyclic) bond motifs is 2. The van der Waals surface area contributed by atoms with Crippen LogP contribution < -0.4 is 5.32 Å². The van der Waals surface area contributed by atoms with Crippen LogP contribution in [0, 0.1) is 0 Å². The first kappa shape index (κ1) is 37.6. The van der Waals surface area contributed by atoms with Crippen LogP contribution in [0.2, 0.25) is 0 Å². The van der Waals surface area contributed by atoms with Crippen LogP contribution >= 0.6 is 12.6 Å². The maximum atomic E-state index is 4.33. The summed E-state index contributed by atoms with van der Waals surface area (Å²) in [7, 11) is 0. The third kappa shape index (κ3) is 7.36. The van der Waals surface area contributed by atoms with E-state index < -0.39 is 0 Å². The number of hydrogen-bond acceptors (Lipinski definition) is 3. The molecule has 0 saturated carbocycles. The number of aromatic nitrogens is 1. The molecule has 6 rings (SSSR count). The molecule has 0 fully saturated rings. The molecule has 5 aromatic rings. The second-order valence-electron chi connectivity index (χ2n) is 11.9. The van der Waals surface area contributed by atoms with Crippen molar-refractivity contribution < 1.29 is 0 Å². The second kappa shape index (κ2) is 17.9. The van der Waals surface area contributed by atoms with Gasteiger partial charge in [0.15, 0.2) is 0 Å². The second-order valence-corrected chi connectivity index (χ2v) is 11.9. The molecule has 2 nitrogen and oxygen atoms in total. The summed E-state index contributed by atoms with van der Waals surface area (Å²) in [5.41, 5.74) is 7.85. The van der Waals surface area contributed by atoms with Gasteiger partial charge < -0.3 is 5.32 Å². The van der Waals surface area contributed by atoms with Crippen molar-refractivity contribution in [2.75, 3.05) is 12.8 Å². The summed E-state index contributed by atoms with van der Waals surface area (Å²) in [6.07, 6.45) is 15.5. The molecule has 0 spiro atoms. The van der Waals surface area contributed by atoms with Gasteiger partial charge in [-0.25, -0.2) is 0 Å². The predicted octanol–water partition coefficient (Wildman–Crippen LogP) is 12.6. The highest BCUT2D eigenvalue weighted by molar-refractivity contribution is 7.79. The molecule has 1 aliphatic rings. The molecular weight excluding hydrogens is 589 g/mol. The number of benzene rings is 4. The predicted molar refractivity (Wildman–Crippen MR) is 214 cm³/mol. The fourth-order valence-corrected chi connectivity index (χ4v) is 7.45. The lowest BCUT2D eigenvalue weighted by Crippen LogP contribution is -2.45. The average molecular weight is 645 g/mol. The van der Waals surface area contributed by atoms with Crippen molar-refractivity contribution in [1.82, 2.24) is 10.3 Å². The molecule has 0 aliphatic carbocycles. The summed E-state index contributed by atoms with van der Waals surface area (Å²) in [6.45, 7) is 18.5. The van der Waals surface area contributed by atoms with Crippen LogP contribution in [0.4, 0.5) is 0 Å². The Morgan fingerprint density at radius 3 is 1.87 bits per heavy atom. The number of hydrogen-bond donors (Lipinski definition) is 2. The standard InChI is InChI=1S/C39H40N2.2C2H6.CH4S/c1-5-22-39(6-2,38(3,4)30-12-8-7-9-13-30)31-16-17-34-35(27-31)37(29-20-25-41-26-21-29)33-15-11-10-14-32(33)36(34)28-18-23-40-24-19-28;3*1-2/h7-21,23-25,27,41H,5-6,22,26H2,1-4H3;2*1-2H3;2H,1H3. The summed E-state index contributed by atoms with van der Waals surface area (Å²) >= 11 is 3.53. The molecule has 1 aromatic heterocycles. The fourth-order valence-electron chi connectivity index (χ4n) is 7.45. The van der Waals surface area contributed by atoms with E-state index in [-0.39, 0.29) is 10.8 Å². The van der Waals surface area contributed by atoms with Gasteiger partial charge in [-0.3, -0.25) is 4.98 Å². The molecule has 0 saturated heterocycles. The van der Waals surface area contributed by atoms with Crippen molar-refractivity contribution in [3.63, 3.8) is 0 Å². The largest absolute Gasteiger partial charge is 0.387 e. The molecule has 248 valence electrons. The van der Waals surface area contributed by atoms with Crippen molar-refractivity contribution in [2.24, 2.45) is 0 Å². The first-order valence-electron chi connectivity index (χ1n) is 17.5. The van der Waals surface area contributed by atoms with Gasteiger partial charge in [-0.1, -0.05) is 135 Å². The quantitative estimate of drug-likeness (QED) is 0.130. The summed E-state index contributed by atoms with van der Waals surface area (Å²) in [5.74, 6) is 0. The molecule has 1 aliphatic heterocycles. The van der Waals surface area contributed by atoms with E-state index in [1.54, 1.807) is 6.26 Å². The Balaban J connectivity index is 0.000000947. The van der Waals surface area contributed by atoms with Crippen LogP contribution in [0.15, 0.2) is 116 Å². The number of dihydropyridines is 1. The van der Waals surface area contributed by atoms with Crippen LogP contribution in [0.5, 0.6) is 0 Å². The van der Waals surface area contributed by atoms with Crippen molar-refractivity contribution in [3.8, 4) is 11.1 Å². The minimum Gasteiger partial charge on any atom is -0.387 e. The molecule has 1 atom stereocenters. The molecule has 47 heavy (non-hydrogen) atoms. The zero-order valence-electron chi connectivity index (χ0n) is 30.2. The Morgan fingerprint density at radius 1 is 0.702 bits per heavy atom. The highest BCUT2D eigenvalue weighted by Gasteiger charge is 2.45. The molecule has 4 aromatic carbocycles. The Hall–Kier alpha value is -3.82. The minimum atomic E-state index is -0.0500. The van der Waals surface area contributed by atoms with Gasteiger partial charge in [0, 0.05) is 24.4 Å². The van der Waals surface area contributed by atoms with E-state index in [0.29, 0.717) is 0 Å². The lowest BCUT2D eigenvalue weighted by Gasteiger charge is -2.48. The Kier molecular flexibility index (Phi) is 14.3. The van der Waals surface area contributed by atoms with E-state index in [4.69, 9.17) is 0 Å². The topological polar surface area (TPSA) is 24.9 Å². The van der Waals surface area contributed by atoms with Crippen LogP contribution in [0.25, 0.3) is 38.2 Å². The number of nitrogens with one attached hydrogen (secondary N) is 1. The number of thiol groups is 1. The number of rotatable bonds is 8. The molecule has 1 N–H and O–H groups in total.